The molecule has 5 rings (SSSR count). The summed E-state index contributed by atoms with van der Waals surface area (Å²) in [5, 5.41) is 22.0. The molecule has 0 saturated carbocycles. The SMILES string of the molecule is Cn1cc(-c2cnc3nnn(Cc4ccc5ccc(CO)n5c4)c3n2)cn1. The van der Waals surface area contributed by atoms with E-state index in [0.29, 0.717) is 17.8 Å². The van der Waals surface area contributed by atoms with Gasteiger partial charge in [0.1, 0.15) is 0 Å². The number of fused-ring (bicyclic) bond motifs is 2. The Morgan fingerprint density at radius 1 is 1.07 bits per heavy atom. The number of rotatable bonds is 4. The molecule has 9 heteroatoms. The molecule has 0 aliphatic rings. The van der Waals surface area contributed by atoms with Crippen LogP contribution in [0.3, 0.4) is 0 Å². The lowest BCUT2D eigenvalue weighted by Crippen LogP contribution is -2.05. The molecule has 0 atom stereocenters. The zero-order valence-corrected chi connectivity index (χ0v) is 14.6. The molecule has 0 aliphatic carbocycles. The first-order valence-electron chi connectivity index (χ1n) is 8.46. The summed E-state index contributed by atoms with van der Waals surface area (Å²) in [7, 11) is 1.86. The van der Waals surface area contributed by atoms with Gasteiger partial charge in [0.15, 0.2) is 5.65 Å². The predicted octanol–water partition coefficient (Wildman–Crippen LogP) is 1.42. The summed E-state index contributed by atoms with van der Waals surface area (Å²) in [6, 6.07) is 7.93. The van der Waals surface area contributed by atoms with Crippen LogP contribution in [-0.4, -0.2) is 44.2 Å². The Morgan fingerprint density at radius 3 is 2.78 bits per heavy atom. The molecule has 1 N–H and O–H groups in total. The van der Waals surface area contributed by atoms with Gasteiger partial charge in [0.2, 0.25) is 5.65 Å². The Labute approximate surface area is 153 Å². The number of nitrogens with zero attached hydrogens (tertiary/aromatic N) is 8. The maximum absolute atomic E-state index is 9.48. The summed E-state index contributed by atoms with van der Waals surface area (Å²) in [6.07, 6.45) is 7.31. The fourth-order valence-corrected chi connectivity index (χ4v) is 3.15. The largest absolute Gasteiger partial charge is 0.390 e. The summed E-state index contributed by atoms with van der Waals surface area (Å²) in [5.74, 6) is 0. The zero-order valence-electron chi connectivity index (χ0n) is 14.6. The Morgan fingerprint density at radius 2 is 1.96 bits per heavy atom. The van der Waals surface area contributed by atoms with E-state index in [0.717, 1.165) is 28.0 Å². The lowest BCUT2D eigenvalue weighted by Gasteiger charge is -2.06. The van der Waals surface area contributed by atoms with Gasteiger partial charge in [-0.05, 0) is 23.8 Å². The normalized spacial score (nSPS) is 11.6. The third kappa shape index (κ3) is 2.64. The Kier molecular flexibility index (Phi) is 3.47. The Hall–Kier alpha value is -3.59. The smallest absolute Gasteiger partial charge is 0.221 e. The topological polar surface area (TPSA) is 99.0 Å². The first-order chi connectivity index (χ1) is 13.2. The van der Waals surface area contributed by atoms with Crippen molar-refractivity contribution in [2.24, 2.45) is 7.05 Å². The molecule has 5 aromatic rings. The second kappa shape index (κ2) is 5.99. The van der Waals surface area contributed by atoms with Crippen LogP contribution in [0.25, 0.3) is 28.1 Å². The molecule has 0 spiro atoms. The zero-order chi connectivity index (χ0) is 18.4. The Bertz CT molecular complexity index is 1270. The fraction of sp³-hybridized carbons (Fsp3) is 0.167. The van der Waals surface area contributed by atoms with Crippen LogP contribution in [0.4, 0.5) is 0 Å². The minimum absolute atomic E-state index is 0.0101. The molecular formula is C18H16N8O. The molecule has 5 aromatic heterocycles. The van der Waals surface area contributed by atoms with Crippen molar-refractivity contribution in [2.45, 2.75) is 13.2 Å². The molecule has 0 radical (unpaired) electrons. The molecule has 5 heterocycles. The van der Waals surface area contributed by atoms with Crippen molar-refractivity contribution in [3.05, 3.63) is 60.3 Å². The van der Waals surface area contributed by atoms with Gasteiger partial charge in [0.05, 0.1) is 31.2 Å². The van der Waals surface area contributed by atoms with Crippen LogP contribution in [0.15, 0.2) is 49.1 Å². The van der Waals surface area contributed by atoms with Crippen LogP contribution in [0.5, 0.6) is 0 Å². The summed E-state index contributed by atoms with van der Waals surface area (Å²) in [5.41, 5.74) is 5.63. The van der Waals surface area contributed by atoms with Crippen LogP contribution in [0, 0.1) is 0 Å². The molecule has 0 saturated heterocycles. The molecule has 0 bridgehead atoms. The first-order valence-corrected chi connectivity index (χ1v) is 8.46. The monoisotopic (exact) mass is 360 g/mol. The molecule has 134 valence electrons. The minimum Gasteiger partial charge on any atom is -0.390 e. The van der Waals surface area contributed by atoms with E-state index in [2.05, 4.69) is 25.4 Å². The van der Waals surface area contributed by atoms with Gasteiger partial charge < -0.3 is 9.51 Å². The van der Waals surface area contributed by atoms with E-state index in [9.17, 15) is 5.11 Å². The van der Waals surface area contributed by atoms with Crippen molar-refractivity contribution in [1.82, 2.24) is 39.1 Å². The van der Waals surface area contributed by atoms with Crippen LogP contribution in [0.1, 0.15) is 11.3 Å². The second-order valence-corrected chi connectivity index (χ2v) is 6.37. The highest BCUT2D eigenvalue weighted by Gasteiger charge is 2.12. The third-order valence-corrected chi connectivity index (χ3v) is 4.52. The highest BCUT2D eigenvalue weighted by atomic mass is 16.3. The second-order valence-electron chi connectivity index (χ2n) is 6.37. The summed E-state index contributed by atoms with van der Waals surface area (Å²) >= 11 is 0. The van der Waals surface area contributed by atoms with Gasteiger partial charge in [-0.1, -0.05) is 11.3 Å². The summed E-state index contributed by atoms with van der Waals surface area (Å²) in [4.78, 5) is 9.04. The molecule has 0 amide bonds. The lowest BCUT2D eigenvalue weighted by atomic mass is 10.2. The van der Waals surface area contributed by atoms with Gasteiger partial charge in [0.25, 0.3) is 0 Å². The number of pyridine rings is 1. The maximum atomic E-state index is 9.48. The molecular weight excluding hydrogens is 344 g/mol. The van der Waals surface area contributed by atoms with Gasteiger partial charge in [-0.15, -0.1) is 5.10 Å². The van der Waals surface area contributed by atoms with Gasteiger partial charge in [-0.25, -0.2) is 14.6 Å². The van der Waals surface area contributed by atoms with E-state index in [1.807, 2.05) is 48.1 Å². The number of aliphatic hydroxyl groups excluding tert-OH is 1. The average Bonchev–Trinajstić information content (AvgIpc) is 3.40. The third-order valence-electron chi connectivity index (χ3n) is 4.52. The van der Waals surface area contributed by atoms with Crippen molar-refractivity contribution >= 4 is 16.8 Å². The highest BCUT2D eigenvalue weighted by Crippen LogP contribution is 2.18. The molecule has 27 heavy (non-hydrogen) atoms. The standard InChI is InChI=1S/C18H16N8O/c1-24-10-13(6-20-24)16-7-19-17-18(21-16)26(23-22-17)9-12-2-3-14-4-5-15(11-27)25(14)8-12/h2-8,10,27H,9,11H2,1H3. The van der Waals surface area contributed by atoms with Gasteiger partial charge in [0, 0.05) is 36.2 Å². The predicted molar refractivity (Wildman–Crippen MR) is 97.7 cm³/mol. The van der Waals surface area contributed by atoms with Crippen LogP contribution in [0.2, 0.25) is 0 Å². The van der Waals surface area contributed by atoms with Crippen molar-refractivity contribution in [3.63, 3.8) is 0 Å². The van der Waals surface area contributed by atoms with Crippen LogP contribution < -0.4 is 0 Å². The maximum Gasteiger partial charge on any atom is 0.221 e. The van der Waals surface area contributed by atoms with Gasteiger partial charge in [-0.3, -0.25) is 4.68 Å². The number of aromatic nitrogens is 8. The van der Waals surface area contributed by atoms with Crippen molar-refractivity contribution in [2.75, 3.05) is 0 Å². The minimum atomic E-state index is -0.0101. The lowest BCUT2D eigenvalue weighted by molar-refractivity contribution is 0.276. The molecule has 0 unspecified atom stereocenters. The first kappa shape index (κ1) is 15.6. The summed E-state index contributed by atoms with van der Waals surface area (Å²) in [6.45, 7) is 0.491. The van der Waals surface area contributed by atoms with Crippen molar-refractivity contribution < 1.29 is 5.11 Å². The van der Waals surface area contributed by atoms with Crippen molar-refractivity contribution in [1.29, 1.82) is 0 Å². The van der Waals surface area contributed by atoms with Crippen molar-refractivity contribution in [3.8, 4) is 11.3 Å². The van der Waals surface area contributed by atoms with E-state index in [1.54, 1.807) is 21.8 Å². The molecule has 0 aromatic carbocycles. The number of hydrogen-bond acceptors (Lipinski definition) is 6. The van der Waals surface area contributed by atoms with Crippen LogP contribution >= 0.6 is 0 Å². The van der Waals surface area contributed by atoms with Gasteiger partial charge >= 0.3 is 0 Å². The molecule has 9 nitrogen and oxygen atoms in total. The highest BCUT2D eigenvalue weighted by molar-refractivity contribution is 5.69. The van der Waals surface area contributed by atoms with E-state index < -0.39 is 0 Å². The molecule has 0 aliphatic heterocycles. The van der Waals surface area contributed by atoms with E-state index in [4.69, 9.17) is 0 Å². The average molecular weight is 360 g/mol. The fourth-order valence-electron chi connectivity index (χ4n) is 3.15. The number of aryl methyl sites for hydroxylation is 1. The quantitative estimate of drug-likeness (QED) is 0.520. The number of hydrogen-bond donors (Lipinski definition) is 1. The number of aliphatic hydroxyl groups is 1. The van der Waals surface area contributed by atoms with Gasteiger partial charge in [-0.2, -0.15) is 5.10 Å². The Balaban J connectivity index is 1.55. The molecule has 0 fully saturated rings. The van der Waals surface area contributed by atoms with Crippen LogP contribution in [-0.2, 0) is 20.2 Å². The van der Waals surface area contributed by atoms with E-state index in [-0.39, 0.29) is 6.61 Å². The summed E-state index contributed by atoms with van der Waals surface area (Å²) < 4.78 is 5.43. The van der Waals surface area contributed by atoms with E-state index >= 15 is 0 Å². The van der Waals surface area contributed by atoms with E-state index in [1.165, 1.54) is 0 Å².